The Morgan fingerprint density at radius 3 is 1.71 bits per heavy atom. The number of sulfonamides is 1. The first-order chi connectivity index (χ1) is 24.5. The summed E-state index contributed by atoms with van der Waals surface area (Å²) in [6, 6.07) is 17.2. The second-order valence-electron chi connectivity index (χ2n) is 12.5. The second kappa shape index (κ2) is 25.3. The van der Waals surface area contributed by atoms with Crippen LogP contribution in [0.4, 0.5) is 13.2 Å². The van der Waals surface area contributed by atoms with Crippen molar-refractivity contribution in [2.45, 2.75) is 123 Å². The molecule has 0 bridgehead atoms. The van der Waals surface area contributed by atoms with E-state index in [2.05, 4.69) is 30.6 Å². The number of unbranched alkanes of at least 4 members (excludes halogenated alkanes) is 3. The fourth-order valence-electron chi connectivity index (χ4n) is 5.29. The van der Waals surface area contributed by atoms with Gasteiger partial charge in [0.1, 0.15) is 0 Å². The van der Waals surface area contributed by atoms with Crippen molar-refractivity contribution in [2.75, 3.05) is 19.8 Å². The molecule has 0 radical (unpaired) electrons. The van der Waals surface area contributed by atoms with Crippen molar-refractivity contribution in [1.82, 2.24) is 2.52 Å². The first-order valence-electron chi connectivity index (χ1n) is 18.1. The second-order valence-corrected chi connectivity index (χ2v) is 31.6. The molecule has 0 N–H and O–H groups in total. The quantitative estimate of drug-likeness (QED) is 0.0267. The van der Waals surface area contributed by atoms with Gasteiger partial charge in [0.15, 0.2) is 10.1 Å². The van der Waals surface area contributed by atoms with Gasteiger partial charge in [0, 0.05) is 0 Å². The monoisotopic (exact) mass is 995 g/mol. The number of hydrogen-bond donors (Lipinski definition) is 0. The molecule has 0 heterocycles. The van der Waals surface area contributed by atoms with Crippen LogP contribution in [0.5, 0.6) is 0 Å². The third kappa shape index (κ3) is 18.1. The van der Waals surface area contributed by atoms with Crippen LogP contribution in [0.25, 0.3) is 0 Å². The summed E-state index contributed by atoms with van der Waals surface area (Å²) in [5.74, 6) is 3.72. The van der Waals surface area contributed by atoms with Crippen LogP contribution in [-0.2, 0) is 29.6 Å². The van der Waals surface area contributed by atoms with E-state index >= 15 is 0 Å². The first kappa shape index (κ1) is 49.1. The Morgan fingerprint density at radius 1 is 0.808 bits per heavy atom. The van der Waals surface area contributed by atoms with Crippen LogP contribution in [0.1, 0.15) is 91.5 Å². The number of alkyl halides is 3. The van der Waals surface area contributed by atoms with Crippen LogP contribution in [-0.4, -0.2) is 73.8 Å². The molecule has 52 heavy (non-hydrogen) atoms. The Labute approximate surface area is 326 Å². The Balaban J connectivity index is 0.00000150. The summed E-state index contributed by atoms with van der Waals surface area (Å²) in [4.78, 5) is 0.359. The topological polar surface area (TPSA) is 113 Å². The zero-order valence-corrected chi connectivity index (χ0v) is 38.0. The molecule has 0 saturated carbocycles. The Hall–Kier alpha value is -0.941. The van der Waals surface area contributed by atoms with Gasteiger partial charge >= 0.3 is 286 Å². The summed E-state index contributed by atoms with van der Waals surface area (Å²) in [5, 5.41) is 0. The first-order valence-corrected chi connectivity index (χ1v) is 30.4. The van der Waals surface area contributed by atoms with Gasteiger partial charge in [-0.15, -0.1) is 0 Å². The molecule has 8 nitrogen and oxygen atoms in total. The maximum Gasteiger partial charge on any atom is 0.485 e. The van der Waals surface area contributed by atoms with Gasteiger partial charge in [0.05, 0.1) is 0 Å². The molecule has 0 spiro atoms. The minimum atomic E-state index is -6.09. The molecule has 1 unspecified atom stereocenters. The van der Waals surface area contributed by atoms with Crippen LogP contribution in [0, 0.1) is 26.3 Å². The van der Waals surface area contributed by atoms with Crippen LogP contribution in [0.3, 0.4) is 0 Å². The molecule has 0 aliphatic carbocycles. The van der Waals surface area contributed by atoms with Crippen molar-refractivity contribution >= 4 is 38.5 Å². The molecule has 2 aromatic rings. The largest absolute Gasteiger partial charge is 0.741 e. The number of halogens is 4. The van der Waals surface area contributed by atoms with Gasteiger partial charge in [-0.3, -0.25) is 0 Å². The maximum absolute atomic E-state index is 13.9. The third-order valence-corrected chi connectivity index (χ3v) is 27.8. The molecule has 0 aromatic heterocycles. The molecular formula is C37H57F3INO7S2Sn. The standard InChI is InChI=1S/C24H30INO4S.3C4H9.CHF3O3S.Sn/c1-5-21(24(29-6-2)30-7-3)12-11-19-26(25-22-13-9-8-10-14-22)31(27,28)23-17-15-20(4)16-18-23;3*1-3-4-2;2-1(3,4)8(5,6)7;/h8-10,13-18,21,24H,6-7,11-12,19H2,2-4H3;3*1,3-4H2,2H3;(H,5,6,7);/q+1;;;;;/p-1. The summed E-state index contributed by atoms with van der Waals surface area (Å²) in [6.45, 7) is 14.4. The van der Waals surface area contributed by atoms with Gasteiger partial charge in [-0.2, -0.15) is 13.2 Å². The van der Waals surface area contributed by atoms with Crippen molar-refractivity contribution < 1.29 is 65.5 Å². The maximum atomic E-state index is 13.9. The SMILES string of the molecule is CCC[CH2][Sn]([C]#CC(CCCN([I+]c1ccccc1)S(=O)(=O)c1ccc(C)cc1)C(OCC)OCC)([CH2]CCC)[CH2]CCC.O=S(=O)([O-])C(F)(F)F. The van der Waals surface area contributed by atoms with E-state index in [0.717, 1.165) is 15.6 Å². The van der Waals surface area contributed by atoms with E-state index in [1.807, 2.05) is 63.2 Å². The van der Waals surface area contributed by atoms with Crippen molar-refractivity contribution in [3.05, 3.63) is 63.7 Å². The van der Waals surface area contributed by atoms with E-state index in [-0.39, 0.29) is 5.92 Å². The van der Waals surface area contributed by atoms with Crippen LogP contribution >= 0.6 is 0 Å². The molecular weight excluding hydrogens is 937 g/mol. The van der Waals surface area contributed by atoms with Gasteiger partial charge in [-0.05, 0) is 6.92 Å². The molecule has 2 aromatic carbocycles. The number of benzene rings is 2. The van der Waals surface area contributed by atoms with Gasteiger partial charge < -0.3 is 4.55 Å². The van der Waals surface area contributed by atoms with Crippen molar-refractivity contribution in [3.8, 4) is 9.86 Å². The number of hydrogen-bond acceptors (Lipinski definition) is 7. The molecule has 0 amide bonds. The predicted molar refractivity (Wildman–Crippen MR) is 198 cm³/mol. The molecule has 1 atom stereocenters. The molecule has 15 heteroatoms. The van der Waals surface area contributed by atoms with E-state index in [1.165, 1.54) is 51.8 Å². The summed E-state index contributed by atoms with van der Waals surface area (Å²) in [5.41, 5.74) is -4.60. The Kier molecular flexibility index (Phi) is 23.8. The average molecular weight is 995 g/mol. The summed E-state index contributed by atoms with van der Waals surface area (Å²) in [7, 11) is -9.72. The van der Waals surface area contributed by atoms with E-state index < -0.39 is 71.8 Å². The smallest absolute Gasteiger partial charge is 0.485 e. The molecule has 0 aliphatic heterocycles. The van der Waals surface area contributed by atoms with Gasteiger partial charge in [-0.25, -0.2) is 8.42 Å². The zero-order valence-electron chi connectivity index (χ0n) is 31.4. The third-order valence-electron chi connectivity index (χ3n) is 8.18. The fourth-order valence-corrected chi connectivity index (χ4v) is 23.8. The van der Waals surface area contributed by atoms with Gasteiger partial charge in [0.25, 0.3) is 0 Å². The molecule has 0 saturated heterocycles. The van der Waals surface area contributed by atoms with Crippen molar-refractivity contribution in [2.24, 2.45) is 5.92 Å². The number of rotatable bonds is 22. The van der Waals surface area contributed by atoms with Crippen molar-refractivity contribution in [3.63, 3.8) is 0 Å². The zero-order chi connectivity index (χ0) is 39.3. The predicted octanol–water partition coefficient (Wildman–Crippen LogP) is 6.10. The van der Waals surface area contributed by atoms with Crippen LogP contribution < -0.4 is 21.5 Å². The van der Waals surface area contributed by atoms with Gasteiger partial charge in [0.2, 0.25) is 0 Å². The normalized spacial score (nSPS) is 13.0. The van der Waals surface area contributed by atoms with Crippen molar-refractivity contribution in [1.29, 1.82) is 0 Å². The molecule has 0 aliphatic rings. The minimum absolute atomic E-state index is 0.0743. The summed E-state index contributed by atoms with van der Waals surface area (Å²) < 4.78 is 110. The number of ether oxygens (including phenoxy) is 2. The van der Waals surface area contributed by atoms with E-state index in [4.69, 9.17) is 22.4 Å². The van der Waals surface area contributed by atoms with E-state index in [1.54, 1.807) is 14.7 Å². The van der Waals surface area contributed by atoms with Crippen LogP contribution in [0.2, 0.25) is 13.3 Å². The molecule has 2 rings (SSSR count). The average Bonchev–Trinajstić information content (AvgIpc) is 3.09. The Bertz CT molecular complexity index is 1530. The van der Waals surface area contributed by atoms with Gasteiger partial charge in [-0.1, -0.05) is 0 Å². The Morgan fingerprint density at radius 2 is 1.29 bits per heavy atom. The molecule has 0 fully saturated rings. The summed E-state index contributed by atoms with van der Waals surface area (Å²) in [6.07, 6.45) is 8.54. The van der Waals surface area contributed by atoms with E-state index in [0.29, 0.717) is 31.1 Å². The minimum Gasteiger partial charge on any atom is -0.741 e. The fraction of sp³-hybridized carbons (Fsp3) is 0.622. The molecule has 296 valence electrons. The number of aryl methyl sites for hydroxylation is 1. The van der Waals surface area contributed by atoms with Crippen LogP contribution in [0.15, 0.2) is 59.5 Å². The van der Waals surface area contributed by atoms with E-state index in [9.17, 15) is 21.6 Å². The number of nitrogens with zero attached hydrogens (tertiary/aromatic N) is 1. The summed E-state index contributed by atoms with van der Waals surface area (Å²) >= 11 is -3.61.